The summed E-state index contributed by atoms with van der Waals surface area (Å²) in [6, 6.07) is 6.37. The van der Waals surface area contributed by atoms with E-state index in [0.29, 0.717) is 6.42 Å². The molecule has 94 valence electrons. The highest BCUT2D eigenvalue weighted by molar-refractivity contribution is 5.33. The third kappa shape index (κ3) is 4.15. The molecule has 0 saturated heterocycles. The van der Waals surface area contributed by atoms with Gasteiger partial charge in [0.1, 0.15) is 0 Å². The maximum atomic E-state index is 10.5. The molecule has 1 N–H and O–H groups in total. The number of aliphatic hydroxyl groups excluding tert-OH is 1. The largest absolute Gasteiger partial charge is 0.393 e. The number of nitro groups is 1. The molecule has 2 unspecified atom stereocenters. The number of nitro benzene ring substituents is 1. The van der Waals surface area contributed by atoms with Crippen LogP contribution in [0, 0.1) is 16.0 Å². The fraction of sp³-hybridized carbons (Fsp3) is 0.538. The Balaban J connectivity index is 2.59. The lowest BCUT2D eigenvalue weighted by Gasteiger charge is -2.17. The summed E-state index contributed by atoms with van der Waals surface area (Å²) in [6.07, 6.45) is 2.22. The SMILES string of the molecule is CCCC(C)C(O)Cc1ccc([N+](=O)[O-])cc1. The molecule has 0 spiro atoms. The van der Waals surface area contributed by atoms with E-state index in [-0.39, 0.29) is 17.7 Å². The van der Waals surface area contributed by atoms with E-state index < -0.39 is 4.92 Å². The van der Waals surface area contributed by atoms with Gasteiger partial charge in [-0.25, -0.2) is 0 Å². The molecule has 0 radical (unpaired) electrons. The molecular weight excluding hydrogens is 218 g/mol. The quantitative estimate of drug-likeness (QED) is 0.611. The second-order valence-corrected chi connectivity index (χ2v) is 4.46. The van der Waals surface area contributed by atoms with E-state index in [1.165, 1.54) is 12.1 Å². The van der Waals surface area contributed by atoms with Gasteiger partial charge in [0.05, 0.1) is 11.0 Å². The van der Waals surface area contributed by atoms with Crippen LogP contribution in [0.4, 0.5) is 5.69 Å². The molecule has 0 aliphatic carbocycles. The van der Waals surface area contributed by atoms with E-state index in [0.717, 1.165) is 18.4 Å². The van der Waals surface area contributed by atoms with Crippen LogP contribution in [0.1, 0.15) is 32.3 Å². The van der Waals surface area contributed by atoms with Gasteiger partial charge in [-0.15, -0.1) is 0 Å². The van der Waals surface area contributed by atoms with E-state index in [9.17, 15) is 15.2 Å². The first-order chi connectivity index (χ1) is 8.04. The van der Waals surface area contributed by atoms with Crippen LogP contribution >= 0.6 is 0 Å². The lowest BCUT2D eigenvalue weighted by molar-refractivity contribution is -0.384. The van der Waals surface area contributed by atoms with Crippen molar-refractivity contribution in [1.82, 2.24) is 0 Å². The molecule has 0 bridgehead atoms. The number of rotatable bonds is 6. The Morgan fingerprint density at radius 3 is 2.41 bits per heavy atom. The van der Waals surface area contributed by atoms with E-state index in [1.807, 2.05) is 6.92 Å². The van der Waals surface area contributed by atoms with Gasteiger partial charge in [0, 0.05) is 12.1 Å². The minimum absolute atomic E-state index is 0.0878. The first kappa shape index (κ1) is 13.6. The highest BCUT2D eigenvalue weighted by Gasteiger charge is 2.14. The number of hydrogen-bond acceptors (Lipinski definition) is 3. The molecule has 17 heavy (non-hydrogen) atoms. The summed E-state index contributed by atoms with van der Waals surface area (Å²) in [5.41, 5.74) is 1.02. The van der Waals surface area contributed by atoms with Crippen molar-refractivity contribution in [3.05, 3.63) is 39.9 Å². The van der Waals surface area contributed by atoms with Crippen LogP contribution in [0.5, 0.6) is 0 Å². The first-order valence-electron chi connectivity index (χ1n) is 5.96. The third-order valence-corrected chi connectivity index (χ3v) is 2.99. The zero-order valence-corrected chi connectivity index (χ0v) is 10.3. The highest BCUT2D eigenvalue weighted by atomic mass is 16.6. The second kappa shape index (κ2) is 6.35. The van der Waals surface area contributed by atoms with Gasteiger partial charge in [-0.3, -0.25) is 10.1 Å². The molecule has 1 rings (SSSR count). The monoisotopic (exact) mass is 237 g/mol. The smallest absolute Gasteiger partial charge is 0.269 e. The number of nitrogens with zero attached hydrogens (tertiary/aromatic N) is 1. The van der Waals surface area contributed by atoms with Crippen molar-refractivity contribution in [2.45, 2.75) is 39.2 Å². The maximum absolute atomic E-state index is 10.5. The Hall–Kier alpha value is -1.42. The van der Waals surface area contributed by atoms with Gasteiger partial charge in [0.15, 0.2) is 0 Å². The summed E-state index contributed by atoms with van der Waals surface area (Å²) in [7, 11) is 0. The van der Waals surface area contributed by atoms with E-state index in [4.69, 9.17) is 0 Å². The summed E-state index contributed by atoms with van der Waals surface area (Å²) < 4.78 is 0. The average molecular weight is 237 g/mol. The van der Waals surface area contributed by atoms with Gasteiger partial charge in [-0.05, 0) is 24.3 Å². The molecule has 1 aromatic rings. The molecule has 0 fully saturated rings. The van der Waals surface area contributed by atoms with E-state index >= 15 is 0 Å². The van der Waals surface area contributed by atoms with Gasteiger partial charge < -0.3 is 5.11 Å². The van der Waals surface area contributed by atoms with Gasteiger partial charge in [-0.1, -0.05) is 32.4 Å². The van der Waals surface area contributed by atoms with Crippen LogP contribution in [-0.4, -0.2) is 16.1 Å². The maximum Gasteiger partial charge on any atom is 0.269 e. The zero-order valence-electron chi connectivity index (χ0n) is 10.3. The molecule has 0 amide bonds. The van der Waals surface area contributed by atoms with Crippen molar-refractivity contribution >= 4 is 5.69 Å². The fourth-order valence-electron chi connectivity index (χ4n) is 1.84. The lowest BCUT2D eigenvalue weighted by Crippen LogP contribution is -2.20. The first-order valence-corrected chi connectivity index (χ1v) is 5.96. The fourth-order valence-corrected chi connectivity index (χ4v) is 1.84. The molecule has 4 nitrogen and oxygen atoms in total. The van der Waals surface area contributed by atoms with Crippen molar-refractivity contribution in [2.24, 2.45) is 5.92 Å². The summed E-state index contributed by atoms with van der Waals surface area (Å²) in [6.45, 7) is 4.12. The van der Waals surface area contributed by atoms with Gasteiger partial charge >= 0.3 is 0 Å². The summed E-state index contributed by atoms with van der Waals surface area (Å²) >= 11 is 0. The number of hydrogen-bond donors (Lipinski definition) is 1. The lowest BCUT2D eigenvalue weighted by atomic mass is 9.94. The van der Waals surface area contributed by atoms with Crippen molar-refractivity contribution in [1.29, 1.82) is 0 Å². The Kier molecular flexibility index (Phi) is 5.10. The van der Waals surface area contributed by atoms with E-state index in [2.05, 4.69) is 6.92 Å². The number of benzene rings is 1. The standard InChI is InChI=1S/C13H19NO3/c1-3-4-10(2)13(15)9-11-5-7-12(8-6-11)14(16)17/h5-8,10,13,15H,3-4,9H2,1-2H3. The van der Waals surface area contributed by atoms with E-state index in [1.54, 1.807) is 12.1 Å². The third-order valence-electron chi connectivity index (χ3n) is 2.99. The van der Waals surface area contributed by atoms with Crippen LogP contribution in [0.15, 0.2) is 24.3 Å². The molecule has 0 saturated carbocycles. The Morgan fingerprint density at radius 2 is 1.94 bits per heavy atom. The molecule has 0 aromatic heterocycles. The summed E-state index contributed by atoms with van der Waals surface area (Å²) in [4.78, 5) is 10.1. The van der Waals surface area contributed by atoms with Crippen LogP contribution in [0.2, 0.25) is 0 Å². The molecule has 1 aromatic carbocycles. The predicted molar refractivity (Wildman–Crippen MR) is 66.9 cm³/mol. The predicted octanol–water partition coefficient (Wildman–Crippen LogP) is 2.93. The molecule has 0 aliphatic rings. The Bertz CT molecular complexity index is 361. The van der Waals surface area contributed by atoms with Crippen LogP contribution in [-0.2, 0) is 6.42 Å². The highest BCUT2D eigenvalue weighted by Crippen LogP contribution is 2.17. The normalized spacial score (nSPS) is 14.3. The zero-order chi connectivity index (χ0) is 12.8. The second-order valence-electron chi connectivity index (χ2n) is 4.46. The van der Waals surface area contributed by atoms with Gasteiger partial charge in [0.2, 0.25) is 0 Å². The van der Waals surface area contributed by atoms with Crippen LogP contribution < -0.4 is 0 Å². The number of non-ortho nitro benzene ring substituents is 1. The van der Waals surface area contributed by atoms with Crippen LogP contribution in [0.25, 0.3) is 0 Å². The summed E-state index contributed by atoms with van der Waals surface area (Å²) in [5, 5.41) is 20.4. The minimum atomic E-state index is -0.417. The molecule has 0 aliphatic heterocycles. The van der Waals surface area contributed by atoms with Crippen molar-refractivity contribution in [3.8, 4) is 0 Å². The van der Waals surface area contributed by atoms with Gasteiger partial charge in [0.25, 0.3) is 5.69 Å². The van der Waals surface area contributed by atoms with Gasteiger partial charge in [-0.2, -0.15) is 0 Å². The van der Waals surface area contributed by atoms with Crippen LogP contribution in [0.3, 0.4) is 0 Å². The van der Waals surface area contributed by atoms with Crippen molar-refractivity contribution in [3.63, 3.8) is 0 Å². The molecule has 4 heteroatoms. The minimum Gasteiger partial charge on any atom is -0.393 e. The Morgan fingerprint density at radius 1 is 1.35 bits per heavy atom. The topological polar surface area (TPSA) is 63.4 Å². The molecule has 0 heterocycles. The van der Waals surface area contributed by atoms with Crippen molar-refractivity contribution in [2.75, 3.05) is 0 Å². The molecular formula is C13H19NO3. The Labute approximate surface area is 101 Å². The summed E-state index contributed by atoms with van der Waals surface area (Å²) in [5.74, 6) is 0.259. The number of aliphatic hydroxyl groups is 1. The average Bonchev–Trinajstić information content (AvgIpc) is 2.30. The van der Waals surface area contributed by atoms with Crippen molar-refractivity contribution < 1.29 is 10.0 Å². The molecule has 2 atom stereocenters.